The van der Waals surface area contributed by atoms with Crippen molar-refractivity contribution in [3.05, 3.63) is 65.7 Å². The number of thiocarbonyl (C=S) groups is 1. The Bertz CT molecular complexity index is 861. The lowest BCUT2D eigenvalue weighted by Crippen LogP contribution is -2.32. The number of hydrogen-bond acceptors (Lipinski definition) is 4. The third-order valence-corrected chi connectivity index (χ3v) is 3.76. The van der Waals surface area contributed by atoms with E-state index in [0.29, 0.717) is 11.3 Å². The molecular formula is C20H21N3O3S. The van der Waals surface area contributed by atoms with Gasteiger partial charge in [0.1, 0.15) is 5.75 Å². The lowest BCUT2D eigenvalue weighted by molar-refractivity contribution is -0.115. The van der Waals surface area contributed by atoms with Gasteiger partial charge < -0.3 is 15.0 Å². The largest absolute Gasteiger partial charge is 0.497 e. The predicted octanol–water partition coefficient (Wildman–Crippen LogP) is 2.92. The number of carbonyl (C=O) groups is 2. The molecular weight excluding hydrogens is 362 g/mol. The van der Waals surface area contributed by atoms with Crippen molar-refractivity contribution in [1.29, 1.82) is 0 Å². The summed E-state index contributed by atoms with van der Waals surface area (Å²) in [5.74, 6) is 0.275. The van der Waals surface area contributed by atoms with Crippen LogP contribution in [0.5, 0.6) is 5.75 Å². The van der Waals surface area contributed by atoms with Gasteiger partial charge in [-0.3, -0.25) is 14.9 Å². The first-order chi connectivity index (χ1) is 12.9. The molecule has 0 saturated carbocycles. The lowest BCUT2D eigenvalue weighted by atomic mass is 10.2. The summed E-state index contributed by atoms with van der Waals surface area (Å²) in [6.07, 6.45) is 3.07. The number of amides is 2. The van der Waals surface area contributed by atoms with E-state index in [0.717, 1.165) is 11.3 Å². The molecule has 0 bridgehead atoms. The van der Waals surface area contributed by atoms with Crippen LogP contribution in [0.1, 0.15) is 15.9 Å². The maximum Gasteiger partial charge on any atom is 0.253 e. The summed E-state index contributed by atoms with van der Waals surface area (Å²) in [6, 6.07) is 14.2. The predicted molar refractivity (Wildman–Crippen MR) is 111 cm³/mol. The molecule has 0 aromatic heterocycles. The molecule has 0 saturated heterocycles. The first-order valence-electron chi connectivity index (χ1n) is 8.15. The van der Waals surface area contributed by atoms with Crippen LogP contribution < -0.4 is 15.4 Å². The number of nitrogens with zero attached hydrogens (tertiary/aromatic N) is 1. The molecule has 0 spiro atoms. The topological polar surface area (TPSA) is 70.7 Å². The van der Waals surface area contributed by atoms with Crippen LogP contribution >= 0.6 is 12.2 Å². The molecule has 7 heteroatoms. The highest BCUT2D eigenvalue weighted by molar-refractivity contribution is 7.80. The Morgan fingerprint density at radius 3 is 2.44 bits per heavy atom. The zero-order valence-corrected chi connectivity index (χ0v) is 16.2. The van der Waals surface area contributed by atoms with Crippen molar-refractivity contribution >= 4 is 40.9 Å². The van der Waals surface area contributed by atoms with Gasteiger partial charge in [-0.05, 0) is 54.2 Å². The molecule has 2 amide bonds. The second kappa shape index (κ2) is 9.49. The van der Waals surface area contributed by atoms with E-state index in [2.05, 4.69) is 10.6 Å². The van der Waals surface area contributed by atoms with Crippen molar-refractivity contribution in [2.24, 2.45) is 0 Å². The third kappa shape index (κ3) is 6.23. The van der Waals surface area contributed by atoms with E-state index in [4.69, 9.17) is 17.0 Å². The number of hydrogen-bond donors (Lipinski definition) is 2. The molecule has 2 aromatic rings. The lowest BCUT2D eigenvalue weighted by Gasteiger charge is -2.12. The summed E-state index contributed by atoms with van der Waals surface area (Å²) in [6.45, 7) is 0. The van der Waals surface area contributed by atoms with Gasteiger partial charge in [-0.1, -0.05) is 18.2 Å². The molecule has 0 unspecified atom stereocenters. The summed E-state index contributed by atoms with van der Waals surface area (Å²) in [5.41, 5.74) is 2.00. The number of anilines is 1. The van der Waals surface area contributed by atoms with Crippen molar-refractivity contribution in [1.82, 2.24) is 10.2 Å². The molecule has 0 radical (unpaired) electrons. The molecule has 6 nitrogen and oxygen atoms in total. The van der Waals surface area contributed by atoms with Crippen LogP contribution in [-0.2, 0) is 4.79 Å². The maximum absolute atomic E-state index is 12.0. The van der Waals surface area contributed by atoms with Gasteiger partial charge in [0.15, 0.2) is 5.11 Å². The van der Waals surface area contributed by atoms with Gasteiger partial charge in [0.2, 0.25) is 5.91 Å². The molecule has 0 aliphatic heterocycles. The van der Waals surface area contributed by atoms with Crippen molar-refractivity contribution < 1.29 is 14.3 Å². The number of rotatable bonds is 5. The number of carbonyl (C=O) groups excluding carboxylic acids is 2. The first-order valence-corrected chi connectivity index (χ1v) is 8.55. The molecule has 27 heavy (non-hydrogen) atoms. The SMILES string of the molecule is COc1ccc(/C=C/C(=O)NC(=S)Nc2cccc(C(=O)N(C)C)c2)cc1. The van der Waals surface area contributed by atoms with Crippen molar-refractivity contribution in [2.45, 2.75) is 0 Å². The standard InChI is InChI=1S/C20H21N3O3S/c1-23(2)19(25)15-5-4-6-16(13-15)21-20(27)22-18(24)12-9-14-7-10-17(26-3)11-8-14/h4-13H,1-3H3,(H2,21,22,24,27)/b12-9+. The molecule has 0 heterocycles. The molecule has 2 aromatic carbocycles. The summed E-state index contributed by atoms with van der Waals surface area (Å²) in [5, 5.41) is 5.61. The van der Waals surface area contributed by atoms with E-state index in [1.54, 1.807) is 51.5 Å². The molecule has 0 aliphatic carbocycles. The summed E-state index contributed by atoms with van der Waals surface area (Å²) in [7, 11) is 4.96. The van der Waals surface area contributed by atoms with Gasteiger partial charge in [0.25, 0.3) is 5.91 Å². The molecule has 2 N–H and O–H groups in total. The Morgan fingerprint density at radius 2 is 1.81 bits per heavy atom. The fourth-order valence-corrected chi connectivity index (χ4v) is 2.41. The van der Waals surface area contributed by atoms with E-state index in [1.165, 1.54) is 11.0 Å². The second-order valence-corrected chi connectivity index (χ2v) is 6.24. The first kappa shape index (κ1) is 20.1. The number of ether oxygens (including phenoxy) is 1. The third-order valence-electron chi connectivity index (χ3n) is 3.55. The van der Waals surface area contributed by atoms with Crippen LogP contribution in [0.25, 0.3) is 6.08 Å². The molecule has 0 fully saturated rings. The number of benzene rings is 2. The van der Waals surface area contributed by atoms with Crippen molar-refractivity contribution in [3.8, 4) is 5.75 Å². The average Bonchev–Trinajstić information content (AvgIpc) is 2.66. The zero-order valence-electron chi connectivity index (χ0n) is 15.4. The second-order valence-electron chi connectivity index (χ2n) is 5.83. The van der Waals surface area contributed by atoms with Crippen LogP contribution in [0.3, 0.4) is 0 Å². The summed E-state index contributed by atoms with van der Waals surface area (Å²) < 4.78 is 5.09. The highest BCUT2D eigenvalue weighted by atomic mass is 32.1. The number of nitrogens with one attached hydrogen (secondary N) is 2. The Balaban J connectivity index is 1.92. The van der Waals surface area contributed by atoms with Crippen LogP contribution in [0, 0.1) is 0 Å². The van der Waals surface area contributed by atoms with Crippen LogP contribution in [0.4, 0.5) is 5.69 Å². The minimum atomic E-state index is -0.358. The average molecular weight is 383 g/mol. The summed E-state index contributed by atoms with van der Waals surface area (Å²) in [4.78, 5) is 25.5. The van der Waals surface area contributed by atoms with E-state index in [1.807, 2.05) is 24.3 Å². The highest BCUT2D eigenvalue weighted by Gasteiger charge is 2.09. The van der Waals surface area contributed by atoms with E-state index in [-0.39, 0.29) is 16.9 Å². The van der Waals surface area contributed by atoms with Crippen molar-refractivity contribution in [3.63, 3.8) is 0 Å². The van der Waals surface area contributed by atoms with Crippen molar-refractivity contribution in [2.75, 3.05) is 26.5 Å². The Labute approximate surface area is 163 Å². The van der Waals surface area contributed by atoms with E-state index in [9.17, 15) is 9.59 Å². The normalized spacial score (nSPS) is 10.3. The minimum absolute atomic E-state index is 0.115. The smallest absolute Gasteiger partial charge is 0.253 e. The van der Waals surface area contributed by atoms with E-state index >= 15 is 0 Å². The van der Waals surface area contributed by atoms with Crippen LogP contribution in [0.2, 0.25) is 0 Å². The van der Waals surface area contributed by atoms with Gasteiger partial charge in [-0.25, -0.2) is 0 Å². The summed E-state index contributed by atoms with van der Waals surface area (Å²) >= 11 is 5.15. The molecule has 140 valence electrons. The Kier molecular flexibility index (Phi) is 7.08. The monoisotopic (exact) mass is 383 g/mol. The van der Waals surface area contributed by atoms with Crippen LogP contribution in [0.15, 0.2) is 54.6 Å². The van der Waals surface area contributed by atoms with Gasteiger partial charge >= 0.3 is 0 Å². The Morgan fingerprint density at radius 1 is 1.11 bits per heavy atom. The van der Waals surface area contributed by atoms with Gasteiger partial charge in [0, 0.05) is 31.4 Å². The zero-order chi connectivity index (χ0) is 19.8. The fraction of sp³-hybridized carbons (Fsp3) is 0.150. The van der Waals surface area contributed by atoms with E-state index < -0.39 is 0 Å². The van der Waals surface area contributed by atoms with Crippen LogP contribution in [-0.4, -0.2) is 43.0 Å². The van der Waals surface area contributed by atoms with Gasteiger partial charge in [0.05, 0.1) is 7.11 Å². The molecule has 0 aliphatic rings. The highest BCUT2D eigenvalue weighted by Crippen LogP contribution is 2.13. The number of methoxy groups -OCH3 is 1. The van der Waals surface area contributed by atoms with Gasteiger partial charge in [-0.2, -0.15) is 0 Å². The molecule has 0 atom stereocenters. The maximum atomic E-state index is 12.0. The fourth-order valence-electron chi connectivity index (χ4n) is 2.19. The molecule has 2 rings (SSSR count). The van der Waals surface area contributed by atoms with Gasteiger partial charge in [-0.15, -0.1) is 0 Å². The quantitative estimate of drug-likeness (QED) is 0.614. The minimum Gasteiger partial charge on any atom is -0.497 e. The Hall–Kier alpha value is -3.19.